The second kappa shape index (κ2) is 8.73. The minimum absolute atomic E-state index is 0.0804. The number of hydrogen-bond donors (Lipinski definition) is 0. The Morgan fingerprint density at radius 1 is 0.926 bits per heavy atom. The van der Waals surface area contributed by atoms with E-state index in [0.717, 1.165) is 31.4 Å². The van der Waals surface area contributed by atoms with Crippen LogP contribution in [0.3, 0.4) is 0 Å². The van der Waals surface area contributed by atoms with Crippen molar-refractivity contribution in [3.8, 4) is 0 Å². The van der Waals surface area contributed by atoms with Gasteiger partial charge in [0.15, 0.2) is 5.69 Å². The van der Waals surface area contributed by atoms with Crippen LogP contribution in [-0.2, 0) is 6.42 Å². The zero-order chi connectivity index (χ0) is 18.5. The summed E-state index contributed by atoms with van der Waals surface area (Å²) in [6.45, 7) is 0. The van der Waals surface area contributed by atoms with Crippen molar-refractivity contribution in [1.29, 1.82) is 0 Å². The number of nitrogens with zero attached hydrogens (tertiary/aromatic N) is 2. The lowest BCUT2D eigenvalue weighted by Crippen LogP contribution is -2.48. The molecule has 4 heteroatoms. The average Bonchev–Trinajstić information content (AvgIpc) is 3.19. The molecule has 0 aliphatic heterocycles. The molecule has 0 atom stereocenters. The Kier molecular flexibility index (Phi) is 5.90. The van der Waals surface area contributed by atoms with E-state index in [4.69, 9.17) is 4.52 Å². The SMILES string of the molecule is O=C(c1cc(Cc2ccccc2)on1)N(C1CCCCC1)C1CCCCC1. The molecule has 2 aliphatic carbocycles. The Balaban J connectivity index is 1.52. The molecule has 1 amide bonds. The maximum atomic E-state index is 13.4. The fourth-order valence-electron chi connectivity index (χ4n) is 4.77. The van der Waals surface area contributed by atoms with Crippen LogP contribution in [0.25, 0.3) is 0 Å². The number of rotatable bonds is 5. The van der Waals surface area contributed by atoms with E-state index in [1.165, 1.54) is 44.1 Å². The quantitative estimate of drug-likeness (QED) is 0.714. The topological polar surface area (TPSA) is 46.3 Å². The first kappa shape index (κ1) is 18.3. The highest BCUT2D eigenvalue weighted by molar-refractivity contribution is 5.92. The molecule has 4 nitrogen and oxygen atoms in total. The van der Waals surface area contributed by atoms with Crippen LogP contribution in [0.1, 0.15) is 86.0 Å². The molecular weight excluding hydrogens is 336 g/mol. The third-order valence-corrected chi connectivity index (χ3v) is 6.17. The van der Waals surface area contributed by atoms with Crippen molar-refractivity contribution in [3.63, 3.8) is 0 Å². The number of amides is 1. The van der Waals surface area contributed by atoms with Gasteiger partial charge in [-0.25, -0.2) is 0 Å². The highest BCUT2D eigenvalue weighted by Crippen LogP contribution is 2.31. The second-order valence-electron chi connectivity index (χ2n) is 8.14. The molecule has 2 saturated carbocycles. The number of carbonyl (C=O) groups is 1. The van der Waals surface area contributed by atoms with Crippen molar-refractivity contribution in [2.24, 2.45) is 0 Å². The summed E-state index contributed by atoms with van der Waals surface area (Å²) in [6.07, 6.45) is 12.8. The summed E-state index contributed by atoms with van der Waals surface area (Å²) < 4.78 is 5.52. The van der Waals surface area contributed by atoms with Gasteiger partial charge >= 0.3 is 0 Å². The van der Waals surface area contributed by atoms with Gasteiger partial charge in [0.25, 0.3) is 5.91 Å². The van der Waals surface area contributed by atoms with Crippen molar-refractivity contribution >= 4 is 5.91 Å². The maximum absolute atomic E-state index is 13.4. The summed E-state index contributed by atoms with van der Waals surface area (Å²) in [5.74, 6) is 0.841. The molecule has 0 N–H and O–H groups in total. The summed E-state index contributed by atoms with van der Waals surface area (Å²) >= 11 is 0. The summed E-state index contributed by atoms with van der Waals surface area (Å²) in [6, 6.07) is 12.8. The van der Waals surface area contributed by atoms with Gasteiger partial charge in [0.05, 0.1) is 0 Å². The summed E-state index contributed by atoms with van der Waals surface area (Å²) in [5.41, 5.74) is 1.65. The lowest BCUT2D eigenvalue weighted by atomic mass is 9.88. The predicted molar refractivity (Wildman–Crippen MR) is 106 cm³/mol. The molecule has 0 saturated heterocycles. The molecule has 0 radical (unpaired) electrons. The average molecular weight is 367 g/mol. The monoisotopic (exact) mass is 366 g/mol. The zero-order valence-corrected chi connectivity index (χ0v) is 16.1. The van der Waals surface area contributed by atoms with Crippen LogP contribution < -0.4 is 0 Å². The Bertz CT molecular complexity index is 710. The normalized spacial score (nSPS) is 19.1. The molecule has 2 aliphatic rings. The number of hydrogen-bond acceptors (Lipinski definition) is 3. The molecule has 0 unspecified atom stereocenters. The third-order valence-electron chi connectivity index (χ3n) is 6.17. The molecule has 2 aromatic rings. The van der Waals surface area contributed by atoms with Gasteiger partial charge in [-0.1, -0.05) is 74.0 Å². The van der Waals surface area contributed by atoms with Crippen molar-refractivity contribution in [2.75, 3.05) is 0 Å². The molecular formula is C23H30N2O2. The number of carbonyl (C=O) groups excluding carboxylic acids is 1. The molecule has 27 heavy (non-hydrogen) atoms. The highest BCUT2D eigenvalue weighted by Gasteiger charge is 2.34. The van der Waals surface area contributed by atoms with E-state index < -0.39 is 0 Å². The van der Waals surface area contributed by atoms with Crippen molar-refractivity contribution in [3.05, 3.63) is 53.4 Å². The summed E-state index contributed by atoms with van der Waals surface area (Å²) in [5, 5.41) is 4.16. The Morgan fingerprint density at radius 3 is 2.11 bits per heavy atom. The van der Waals surface area contributed by atoms with E-state index in [9.17, 15) is 4.79 Å². The first-order chi connectivity index (χ1) is 13.3. The van der Waals surface area contributed by atoms with E-state index in [0.29, 0.717) is 24.2 Å². The van der Waals surface area contributed by atoms with Crippen LogP contribution in [0.2, 0.25) is 0 Å². The largest absolute Gasteiger partial charge is 0.360 e. The van der Waals surface area contributed by atoms with Crippen LogP contribution in [0, 0.1) is 0 Å². The Morgan fingerprint density at radius 2 is 1.52 bits per heavy atom. The van der Waals surface area contributed by atoms with Crippen molar-refractivity contribution in [2.45, 2.75) is 82.7 Å². The third kappa shape index (κ3) is 4.42. The molecule has 4 rings (SSSR count). The van der Waals surface area contributed by atoms with Gasteiger partial charge in [-0.15, -0.1) is 0 Å². The van der Waals surface area contributed by atoms with E-state index in [1.54, 1.807) is 0 Å². The fraction of sp³-hybridized carbons (Fsp3) is 0.565. The van der Waals surface area contributed by atoms with Crippen LogP contribution in [0.5, 0.6) is 0 Å². The molecule has 0 spiro atoms. The lowest BCUT2D eigenvalue weighted by Gasteiger charge is -2.41. The minimum Gasteiger partial charge on any atom is -0.360 e. The second-order valence-corrected chi connectivity index (χ2v) is 8.14. The minimum atomic E-state index is 0.0804. The lowest BCUT2D eigenvalue weighted by molar-refractivity contribution is 0.0438. The highest BCUT2D eigenvalue weighted by atomic mass is 16.5. The van der Waals surface area contributed by atoms with E-state index in [1.807, 2.05) is 24.3 Å². The van der Waals surface area contributed by atoms with Gasteiger partial charge < -0.3 is 9.42 Å². The molecule has 1 aromatic carbocycles. The van der Waals surface area contributed by atoms with E-state index >= 15 is 0 Å². The zero-order valence-electron chi connectivity index (χ0n) is 16.1. The fourth-order valence-corrected chi connectivity index (χ4v) is 4.77. The number of aromatic nitrogens is 1. The van der Waals surface area contributed by atoms with Gasteiger partial charge in [0, 0.05) is 24.6 Å². The Hall–Kier alpha value is -2.10. The first-order valence-electron chi connectivity index (χ1n) is 10.6. The van der Waals surface area contributed by atoms with Crippen LogP contribution >= 0.6 is 0 Å². The van der Waals surface area contributed by atoms with Crippen molar-refractivity contribution < 1.29 is 9.32 Å². The van der Waals surface area contributed by atoms with Crippen LogP contribution in [0.15, 0.2) is 40.9 Å². The van der Waals surface area contributed by atoms with Gasteiger partial charge in [-0.05, 0) is 31.2 Å². The molecule has 144 valence electrons. The molecule has 1 aromatic heterocycles. The van der Waals surface area contributed by atoms with Gasteiger partial charge in [-0.2, -0.15) is 0 Å². The van der Waals surface area contributed by atoms with Gasteiger partial charge in [-0.3, -0.25) is 4.79 Å². The molecule has 2 fully saturated rings. The van der Waals surface area contributed by atoms with E-state index in [-0.39, 0.29) is 5.91 Å². The molecule has 1 heterocycles. The van der Waals surface area contributed by atoms with Crippen LogP contribution in [-0.4, -0.2) is 28.0 Å². The first-order valence-corrected chi connectivity index (χ1v) is 10.6. The standard InChI is InChI=1S/C23H30N2O2/c26-23(22-17-21(27-24-22)16-18-10-4-1-5-11-18)25(19-12-6-2-7-13-19)20-14-8-3-9-15-20/h1,4-5,10-11,17,19-20H,2-3,6-9,12-16H2. The maximum Gasteiger partial charge on any atom is 0.276 e. The predicted octanol–water partition coefficient (Wildman–Crippen LogP) is 5.37. The van der Waals surface area contributed by atoms with Crippen LogP contribution in [0.4, 0.5) is 0 Å². The molecule has 0 bridgehead atoms. The smallest absolute Gasteiger partial charge is 0.276 e. The van der Waals surface area contributed by atoms with Gasteiger partial charge in [0.1, 0.15) is 5.76 Å². The van der Waals surface area contributed by atoms with Gasteiger partial charge in [0.2, 0.25) is 0 Å². The number of benzene rings is 1. The summed E-state index contributed by atoms with van der Waals surface area (Å²) in [4.78, 5) is 15.6. The Labute approximate surface area is 161 Å². The van der Waals surface area contributed by atoms with Crippen molar-refractivity contribution in [1.82, 2.24) is 10.1 Å². The summed E-state index contributed by atoms with van der Waals surface area (Å²) in [7, 11) is 0. The van der Waals surface area contributed by atoms with E-state index in [2.05, 4.69) is 22.2 Å².